The van der Waals surface area contributed by atoms with Gasteiger partial charge in [-0.3, -0.25) is 4.79 Å². The second kappa shape index (κ2) is 7.51. The molecule has 3 rings (SSSR count). The van der Waals surface area contributed by atoms with Crippen molar-refractivity contribution in [2.24, 2.45) is 0 Å². The normalized spacial score (nSPS) is 10.4. The van der Waals surface area contributed by atoms with Gasteiger partial charge in [-0.1, -0.05) is 37.3 Å². The number of hydrogen-bond donors (Lipinski definition) is 1. The predicted octanol–water partition coefficient (Wildman–Crippen LogP) is 4.67. The number of benzene rings is 2. The Hall–Kier alpha value is -3.01. The minimum atomic E-state index is -0.257. The standard InChI is InChI=1S/C20H19NO3/c1-2-17-12-13-19(24-17)20(22)21-16-8-10-18(11-9-16)23-14-15-6-4-3-5-7-15/h3-13H,2,14H2,1H3,(H,21,22). The highest BCUT2D eigenvalue weighted by Crippen LogP contribution is 2.18. The molecule has 4 nitrogen and oxygen atoms in total. The number of carbonyl (C=O) groups excluding carboxylic acids is 1. The molecule has 0 radical (unpaired) electrons. The first kappa shape index (κ1) is 15.9. The van der Waals surface area contributed by atoms with Gasteiger partial charge in [-0.05, 0) is 42.0 Å². The third-order valence-electron chi connectivity index (χ3n) is 3.59. The molecule has 1 N–H and O–H groups in total. The molecule has 2 aromatic carbocycles. The highest BCUT2D eigenvalue weighted by Gasteiger charge is 2.10. The smallest absolute Gasteiger partial charge is 0.291 e. The highest BCUT2D eigenvalue weighted by atomic mass is 16.5. The number of furan rings is 1. The number of ether oxygens (including phenoxy) is 1. The number of amides is 1. The summed E-state index contributed by atoms with van der Waals surface area (Å²) in [6, 6.07) is 20.8. The molecular formula is C20H19NO3. The molecule has 4 heteroatoms. The molecule has 0 spiro atoms. The van der Waals surface area contributed by atoms with Crippen molar-refractivity contribution in [1.82, 2.24) is 0 Å². The van der Waals surface area contributed by atoms with Crippen LogP contribution >= 0.6 is 0 Å². The van der Waals surface area contributed by atoms with Crippen molar-refractivity contribution in [3.05, 3.63) is 83.8 Å². The second-order valence-corrected chi connectivity index (χ2v) is 5.37. The van der Waals surface area contributed by atoms with Crippen LogP contribution in [0.25, 0.3) is 0 Å². The maximum absolute atomic E-state index is 12.1. The molecule has 0 fully saturated rings. The molecule has 0 bridgehead atoms. The van der Waals surface area contributed by atoms with Gasteiger partial charge in [0.1, 0.15) is 18.1 Å². The SMILES string of the molecule is CCc1ccc(C(=O)Nc2ccc(OCc3ccccc3)cc2)o1. The van der Waals surface area contributed by atoms with Gasteiger partial charge in [-0.25, -0.2) is 0 Å². The Morgan fingerprint density at radius 1 is 1.00 bits per heavy atom. The number of rotatable bonds is 6. The third kappa shape index (κ3) is 4.04. The van der Waals surface area contributed by atoms with Crippen molar-refractivity contribution < 1.29 is 13.9 Å². The number of hydrogen-bond acceptors (Lipinski definition) is 3. The van der Waals surface area contributed by atoms with Crippen molar-refractivity contribution in [1.29, 1.82) is 0 Å². The van der Waals surface area contributed by atoms with Crippen LogP contribution in [0.1, 0.15) is 28.8 Å². The van der Waals surface area contributed by atoms with Crippen LogP contribution in [0.3, 0.4) is 0 Å². The number of carbonyl (C=O) groups is 1. The summed E-state index contributed by atoms with van der Waals surface area (Å²) < 4.78 is 11.2. The summed E-state index contributed by atoms with van der Waals surface area (Å²) in [5.74, 6) is 1.61. The average Bonchev–Trinajstić information content (AvgIpc) is 3.11. The van der Waals surface area contributed by atoms with Crippen molar-refractivity contribution in [3.8, 4) is 5.75 Å². The van der Waals surface area contributed by atoms with Crippen LogP contribution in [0.2, 0.25) is 0 Å². The number of aryl methyl sites for hydroxylation is 1. The van der Waals surface area contributed by atoms with Crippen LogP contribution in [0.5, 0.6) is 5.75 Å². The van der Waals surface area contributed by atoms with Crippen molar-refractivity contribution >= 4 is 11.6 Å². The van der Waals surface area contributed by atoms with Gasteiger partial charge < -0.3 is 14.5 Å². The molecule has 0 saturated carbocycles. The fourth-order valence-corrected chi connectivity index (χ4v) is 2.26. The van der Waals surface area contributed by atoms with Crippen LogP contribution < -0.4 is 10.1 Å². The van der Waals surface area contributed by atoms with Crippen LogP contribution in [-0.2, 0) is 13.0 Å². The van der Waals surface area contributed by atoms with E-state index in [2.05, 4.69) is 5.32 Å². The predicted molar refractivity (Wildman–Crippen MR) is 93.3 cm³/mol. The lowest BCUT2D eigenvalue weighted by atomic mass is 10.2. The zero-order valence-electron chi connectivity index (χ0n) is 13.5. The Kier molecular flexibility index (Phi) is 4.96. The topological polar surface area (TPSA) is 51.5 Å². The summed E-state index contributed by atoms with van der Waals surface area (Å²) in [6.45, 7) is 2.49. The molecule has 0 aliphatic carbocycles. The molecule has 1 aromatic heterocycles. The minimum absolute atomic E-state index is 0.257. The van der Waals surface area contributed by atoms with E-state index in [4.69, 9.17) is 9.15 Å². The first-order valence-electron chi connectivity index (χ1n) is 7.91. The van der Waals surface area contributed by atoms with E-state index >= 15 is 0 Å². The molecule has 0 aliphatic rings. The second-order valence-electron chi connectivity index (χ2n) is 5.37. The Labute approximate surface area is 141 Å². The third-order valence-corrected chi connectivity index (χ3v) is 3.59. The average molecular weight is 321 g/mol. The Morgan fingerprint density at radius 3 is 2.42 bits per heavy atom. The molecule has 0 unspecified atom stereocenters. The maximum Gasteiger partial charge on any atom is 0.291 e. The van der Waals surface area contributed by atoms with E-state index in [1.165, 1.54) is 0 Å². The van der Waals surface area contributed by atoms with E-state index in [1.54, 1.807) is 6.07 Å². The molecular weight excluding hydrogens is 302 g/mol. The summed E-state index contributed by atoms with van der Waals surface area (Å²) in [6.07, 6.45) is 0.765. The van der Waals surface area contributed by atoms with Gasteiger partial charge in [0.15, 0.2) is 5.76 Å². The summed E-state index contributed by atoms with van der Waals surface area (Å²) in [5.41, 5.74) is 1.81. The number of anilines is 1. The van der Waals surface area contributed by atoms with E-state index in [0.29, 0.717) is 18.1 Å². The summed E-state index contributed by atoms with van der Waals surface area (Å²) in [5, 5.41) is 2.81. The van der Waals surface area contributed by atoms with Gasteiger partial charge in [0.2, 0.25) is 0 Å². The quantitative estimate of drug-likeness (QED) is 0.717. The van der Waals surface area contributed by atoms with Crippen molar-refractivity contribution in [2.45, 2.75) is 20.0 Å². The van der Waals surface area contributed by atoms with E-state index in [1.807, 2.05) is 67.6 Å². The monoisotopic (exact) mass is 321 g/mol. The lowest BCUT2D eigenvalue weighted by Gasteiger charge is -2.08. The summed E-state index contributed by atoms with van der Waals surface area (Å²) in [7, 11) is 0. The van der Waals surface area contributed by atoms with Crippen LogP contribution in [-0.4, -0.2) is 5.91 Å². The fourth-order valence-electron chi connectivity index (χ4n) is 2.26. The van der Waals surface area contributed by atoms with E-state index < -0.39 is 0 Å². The molecule has 122 valence electrons. The Bertz CT molecular complexity index is 791. The molecule has 24 heavy (non-hydrogen) atoms. The molecule has 0 atom stereocenters. The molecule has 0 saturated heterocycles. The van der Waals surface area contributed by atoms with Crippen LogP contribution in [0, 0.1) is 0 Å². The maximum atomic E-state index is 12.1. The van der Waals surface area contributed by atoms with Crippen LogP contribution in [0.15, 0.2) is 71.1 Å². The van der Waals surface area contributed by atoms with Gasteiger partial charge in [-0.15, -0.1) is 0 Å². The minimum Gasteiger partial charge on any atom is -0.489 e. The first-order chi connectivity index (χ1) is 11.7. The van der Waals surface area contributed by atoms with E-state index in [-0.39, 0.29) is 5.91 Å². The van der Waals surface area contributed by atoms with Gasteiger partial charge in [0, 0.05) is 12.1 Å². The molecule has 1 heterocycles. The zero-order chi connectivity index (χ0) is 16.8. The lowest BCUT2D eigenvalue weighted by Crippen LogP contribution is -2.10. The Morgan fingerprint density at radius 2 is 1.75 bits per heavy atom. The molecule has 3 aromatic rings. The van der Waals surface area contributed by atoms with Crippen molar-refractivity contribution in [3.63, 3.8) is 0 Å². The first-order valence-corrected chi connectivity index (χ1v) is 7.91. The zero-order valence-corrected chi connectivity index (χ0v) is 13.5. The van der Waals surface area contributed by atoms with E-state index in [0.717, 1.165) is 23.5 Å². The summed E-state index contributed by atoms with van der Waals surface area (Å²) >= 11 is 0. The van der Waals surface area contributed by atoms with Crippen LogP contribution in [0.4, 0.5) is 5.69 Å². The summed E-state index contributed by atoms with van der Waals surface area (Å²) in [4.78, 5) is 12.1. The largest absolute Gasteiger partial charge is 0.489 e. The van der Waals surface area contributed by atoms with Gasteiger partial charge in [0.25, 0.3) is 5.91 Å². The lowest BCUT2D eigenvalue weighted by molar-refractivity contribution is 0.0995. The molecule has 1 amide bonds. The highest BCUT2D eigenvalue weighted by molar-refractivity contribution is 6.02. The molecule has 0 aliphatic heterocycles. The van der Waals surface area contributed by atoms with Crippen molar-refractivity contribution in [2.75, 3.05) is 5.32 Å². The number of nitrogens with one attached hydrogen (secondary N) is 1. The van der Waals surface area contributed by atoms with Gasteiger partial charge in [-0.2, -0.15) is 0 Å². The van der Waals surface area contributed by atoms with Gasteiger partial charge in [0.05, 0.1) is 0 Å². The fraction of sp³-hybridized carbons (Fsp3) is 0.150. The van der Waals surface area contributed by atoms with Gasteiger partial charge >= 0.3 is 0 Å². The Balaban J connectivity index is 1.57. The van der Waals surface area contributed by atoms with E-state index in [9.17, 15) is 4.79 Å².